The molecule has 0 fully saturated rings. The average molecular weight is 361 g/mol. The summed E-state index contributed by atoms with van der Waals surface area (Å²) in [6.07, 6.45) is 0. The molecular formula is C22H23N3O2. The number of nitrogens with zero attached hydrogens (tertiary/aromatic N) is 2. The molecule has 3 amide bonds. The van der Waals surface area contributed by atoms with Gasteiger partial charge in [-0.3, -0.25) is 4.79 Å². The van der Waals surface area contributed by atoms with Gasteiger partial charge >= 0.3 is 6.03 Å². The number of carbonyl (C=O) groups excluding carboxylic acids is 2. The van der Waals surface area contributed by atoms with Crippen molar-refractivity contribution in [1.82, 2.24) is 15.3 Å². The van der Waals surface area contributed by atoms with E-state index in [1.807, 2.05) is 73.7 Å². The summed E-state index contributed by atoms with van der Waals surface area (Å²) >= 11 is 0. The Morgan fingerprint density at radius 3 is 2.30 bits per heavy atom. The molecule has 0 saturated heterocycles. The van der Waals surface area contributed by atoms with E-state index in [0.29, 0.717) is 18.7 Å². The van der Waals surface area contributed by atoms with Crippen LogP contribution in [-0.4, -0.2) is 35.5 Å². The summed E-state index contributed by atoms with van der Waals surface area (Å²) < 4.78 is 0. The zero-order valence-electron chi connectivity index (χ0n) is 15.6. The number of hydrogen-bond donors (Lipinski definition) is 1. The van der Waals surface area contributed by atoms with Gasteiger partial charge in [-0.25, -0.2) is 14.8 Å². The van der Waals surface area contributed by atoms with Crippen molar-refractivity contribution >= 4 is 22.7 Å². The summed E-state index contributed by atoms with van der Waals surface area (Å²) in [7, 11) is 1.60. The van der Waals surface area contributed by atoms with E-state index in [1.54, 1.807) is 13.1 Å². The zero-order chi connectivity index (χ0) is 19.2. The molecule has 0 saturated carbocycles. The highest BCUT2D eigenvalue weighted by atomic mass is 16.2. The normalized spacial score (nSPS) is 10.4. The number of hydrogen-bond acceptors (Lipinski definition) is 2. The van der Waals surface area contributed by atoms with Gasteiger partial charge in [0.15, 0.2) is 0 Å². The maximum Gasteiger partial charge on any atom is 0.336 e. The largest absolute Gasteiger partial charge is 0.336 e. The Balaban J connectivity index is 1.76. The number of carbonyl (C=O) groups is 2. The fourth-order valence-corrected chi connectivity index (χ4v) is 3.04. The third-order valence-electron chi connectivity index (χ3n) is 4.50. The Hall–Kier alpha value is -3.34. The van der Waals surface area contributed by atoms with Crippen molar-refractivity contribution in [2.75, 3.05) is 13.6 Å². The molecule has 3 aromatic carbocycles. The van der Waals surface area contributed by atoms with Gasteiger partial charge in [0.25, 0.3) is 5.91 Å². The second-order valence-electron chi connectivity index (χ2n) is 6.22. The number of rotatable bonds is 4. The lowest BCUT2D eigenvalue weighted by atomic mass is 10.0. The lowest BCUT2D eigenvalue weighted by Gasteiger charge is -2.31. The second-order valence-corrected chi connectivity index (χ2v) is 6.22. The molecule has 0 aromatic heterocycles. The predicted octanol–water partition coefficient (Wildman–Crippen LogP) is 4.06. The lowest BCUT2D eigenvalue weighted by Crippen LogP contribution is -2.51. The van der Waals surface area contributed by atoms with E-state index in [1.165, 1.54) is 10.0 Å². The van der Waals surface area contributed by atoms with E-state index in [4.69, 9.17) is 0 Å². The monoisotopic (exact) mass is 361 g/mol. The first kappa shape index (κ1) is 18.5. The zero-order valence-corrected chi connectivity index (χ0v) is 15.6. The molecule has 5 heteroatoms. The SMILES string of the molecule is CCN(C(=O)c1cccc2ccccc12)N(C)C(=O)NCc1ccccc1. The van der Waals surface area contributed by atoms with Crippen molar-refractivity contribution in [1.29, 1.82) is 0 Å². The topological polar surface area (TPSA) is 52.7 Å². The van der Waals surface area contributed by atoms with Crippen molar-refractivity contribution < 1.29 is 9.59 Å². The quantitative estimate of drug-likeness (QED) is 0.713. The van der Waals surface area contributed by atoms with Crippen LogP contribution in [0.2, 0.25) is 0 Å². The lowest BCUT2D eigenvalue weighted by molar-refractivity contribution is 0.0279. The summed E-state index contributed by atoms with van der Waals surface area (Å²) in [6, 6.07) is 22.7. The Labute approximate surface area is 159 Å². The first-order valence-electron chi connectivity index (χ1n) is 8.97. The molecule has 0 heterocycles. The molecule has 0 bridgehead atoms. The fourth-order valence-electron chi connectivity index (χ4n) is 3.04. The second kappa shape index (κ2) is 8.36. The molecule has 3 aromatic rings. The minimum absolute atomic E-state index is 0.202. The first-order valence-corrected chi connectivity index (χ1v) is 8.97. The molecule has 0 atom stereocenters. The molecule has 138 valence electrons. The van der Waals surface area contributed by atoms with Gasteiger partial charge in [-0.15, -0.1) is 0 Å². The van der Waals surface area contributed by atoms with Crippen molar-refractivity contribution in [2.24, 2.45) is 0 Å². The molecule has 0 aliphatic heterocycles. The number of benzene rings is 3. The molecule has 5 nitrogen and oxygen atoms in total. The van der Waals surface area contributed by atoms with E-state index >= 15 is 0 Å². The van der Waals surface area contributed by atoms with E-state index in [9.17, 15) is 9.59 Å². The molecule has 0 unspecified atom stereocenters. The minimum Gasteiger partial charge on any atom is -0.332 e. The van der Waals surface area contributed by atoms with Crippen LogP contribution >= 0.6 is 0 Å². The molecule has 3 rings (SSSR count). The Morgan fingerprint density at radius 2 is 1.56 bits per heavy atom. The van der Waals surface area contributed by atoms with Crippen LogP contribution in [0.25, 0.3) is 10.8 Å². The van der Waals surface area contributed by atoms with Crippen molar-refractivity contribution in [3.63, 3.8) is 0 Å². The van der Waals surface area contributed by atoms with Gasteiger partial charge in [0.1, 0.15) is 0 Å². The smallest absolute Gasteiger partial charge is 0.332 e. The molecule has 1 N–H and O–H groups in total. The van der Waals surface area contributed by atoms with Gasteiger partial charge in [0.2, 0.25) is 0 Å². The molecule has 0 radical (unpaired) electrons. The Kier molecular flexibility index (Phi) is 5.71. The highest BCUT2D eigenvalue weighted by Crippen LogP contribution is 2.20. The van der Waals surface area contributed by atoms with Gasteiger partial charge in [-0.2, -0.15) is 0 Å². The number of hydrazine groups is 1. The number of fused-ring (bicyclic) bond motifs is 1. The summed E-state index contributed by atoms with van der Waals surface area (Å²) in [6.45, 7) is 2.64. The Morgan fingerprint density at radius 1 is 0.889 bits per heavy atom. The van der Waals surface area contributed by atoms with E-state index in [2.05, 4.69) is 5.32 Å². The van der Waals surface area contributed by atoms with Crippen molar-refractivity contribution in [3.05, 3.63) is 83.9 Å². The van der Waals surface area contributed by atoms with Gasteiger partial charge < -0.3 is 5.32 Å². The van der Waals surface area contributed by atoms with Crippen LogP contribution in [0.15, 0.2) is 72.8 Å². The first-order chi connectivity index (χ1) is 13.1. The minimum atomic E-state index is -0.325. The third-order valence-corrected chi connectivity index (χ3v) is 4.50. The van der Waals surface area contributed by atoms with E-state index in [0.717, 1.165) is 16.3 Å². The standard InChI is InChI=1S/C22H23N3O2/c1-3-25(24(2)22(27)23-16-17-10-5-4-6-11-17)21(26)20-15-9-13-18-12-7-8-14-19(18)20/h4-15H,3,16H2,1-2H3,(H,23,27). The van der Waals surface area contributed by atoms with Crippen LogP contribution < -0.4 is 5.32 Å². The summed E-state index contributed by atoms with van der Waals surface area (Å²) in [4.78, 5) is 25.7. The highest BCUT2D eigenvalue weighted by Gasteiger charge is 2.23. The summed E-state index contributed by atoms with van der Waals surface area (Å²) in [5, 5.41) is 7.51. The molecule has 0 aliphatic rings. The number of nitrogens with one attached hydrogen (secondary N) is 1. The van der Waals surface area contributed by atoms with Crippen molar-refractivity contribution in [2.45, 2.75) is 13.5 Å². The molecule has 0 aliphatic carbocycles. The summed E-state index contributed by atoms with van der Waals surface area (Å²) in [5.41, 5.74) is 1.58. The van der Waals surface area contributed by atoms with Crippen LogP contribution in [0.5, 0.6) is 0 Å². The molecule has 27 heavy (non-hydrogen) atoms. The predicted molar refractivity (Wildman–Crippen MR) is 107 cm³/mol. The maximum atomic E-state index is 13.1. The number of urea groups is 1. The molecular weight excluding hydrogens is 338 g/mol. The maximum absolute atomic E-state index is 13.1. The Bertz CT molecular complexity index is 935. The van der Waals surface area contributed by atoms with Crippen LogP contribution in [0, 0.1) is 0 Å². The van der Waals surface area contributed by atoms with Crippen LogP contribution in [0.3, 0.4) is 0 Å². The third kappa shape index (κ3) is 4.08. The van der Waals surface area contributed by atoms with Crippen LogP contribution in [0.4, 0.5) is 4.79 Å². The van der Waals surface area contributed by atoms with E-state index < -0.39 is 0 Å². The van der Waals surface area contributed by atoms with Crippen LogP contribution in [-0.2, 0) is 6.54 Å². The van der Waals surface area contributed by atoms with Gasteiger partial charge in [0.05, 0.1) is 0 Å². The van der Waals surface area contributed by atoms with Crippen LogP contribution in [0.1, 0.15) is 22.8 Å². The van der Waals surface area contributed by atoms with Crippen molar-refractivity contribution in [3.8, 4) is 0 Å². The highest BCUT2D eigenvalue weighted by molar-refractivity contribution is 6.07. The van der Waals surface area contributed by atoms with Gasteiger partial charge in [0, 0.05) is 25.7 Å². The number of amides is 3. The van der Waals surface area contributed by atoms with E-state index in [-0.39, 0.29) is 11.9 Å². The summed E-state index contributed by atoms with van der Waals surface area (Å²) in [5.74, 6) is -0.202. The average Bonchev–Trinajstić information content (AvgIpc) is 2.72. The molecule has 0 spiro atoms. The van der Waals surface area contributed by atoms with Gasteiger partial charge in [-0.1, -0.05) is 66.7 Å². The fraction of sp³-hybridized carbons (Fsp3) is 0.182. The van der Waals surface area contributed by atoms with Gasteiger partial charge in [-0.05, 0) is 29.3 Å².